The summed E-state index contributed by atoms with van der Waals surface area (Å²) in [7, 11) is 0. The summed E-state index contributed by atoms with van der Waals surface area (Å²) >= 11 is 1.98. The predicted molar refractivity (Wildman–Crippen MR) is 35.4 cm³/mol. The van der Waals surface area contributed by atoms with E-state index in [-0.39, 0.29) is 0 Å². The minimum Gasteiger partial charge on any atom is -0.128 e. The Morgan fingerprint density at radius 3 is 2.71 bits per heavy atom. The van der Waals surface area contributed by atoms with Crippen LogP contribution in [0.15, 0.2) is 11.0 Å². The molecule has 0 aromatic heterocycles. The number of hydrogen-bond acceptors (Lipinski definition) is 1. The molecule has 7 heavy (non-hydrogen) atoms. The molecule has 0 N–H and O–H groups in total. The average molecular weight is 114 g/mol. The molecular weight excluding hydrogens is 104 g/mol. The fourth-order valence-corrected chi connectivity index (χ4v) is 1.77. The minimum absolute atomic E-state index is 0.847. The lowest BCUT2D eigenvalue weighted by molar-refractivity contribution is 1.00. The summed E-state index contributed by atoms with van der Waals surface area (Å²) in [6.45, 7) is 4.44. The van der Waals surface area contributed by atoms with Gasteiger partial charge in [-0.1, -0.05) is 13.0 Å². The Morgan fingerprint density at radius 1 is 1.86 bits per heavy atom. The highest BCUT2D eigenvalue weighted by atomic mass is 32.2. The van der Waals surface area contributed by atoms with E-state index in [0.717, 1.165) is 5.25 Å². The van der Waals surface area contributed by atoms with E-state index >= 15 is 0 Å². The van der Waals surface area contributed by atoms with E-state index in [4.69, 9.17) is 0 Å². The van der Waals surface area contributed by atoms with Gasteiger partial charge in [-0.3, -0.25) is 0 Å². The largest absolute Gasteiger partial charge is 0.128 e. The second kappa shape index (κ2) is 1.91. The molecule has 1 rings (SSSR count). The lowest BCUT2D eigenvalue weighted by Crippen LogP contribution is -1.83. The van der Waals surface area contributed by atoms with Gasteiger partial charge in [-0.2, -0.15) is 0 Å². The van der Waals surface area contributed by atoms with E-state index in [0.29, 0.717) is 0 Å². The maximum atomic E-state index is 2.30. The molecule has 0 spiro atoms. The maximum absolute atomic E-state index is 2.30. The molecule has 1 aliphatic heterocycles. The molecule has 1 heteroatoms. The quantitative estimate of drug-likeness (QED) is 0.466. The summed E-state index contributed by atoms with van der Waals surface area (Å²) in [5.74, 6) is 0. The van der Waals surface area contributed by atoms with Crippen molar-refractivity contribution in [1.82, 2.24) is 0 Å². The highest BCUT2D eigenvalue weighted by Crippen LogP contribution is 2.30. The van der Waals surface area contributed by atoms with Gasteiger partial charge < -0.3 is 0 Å². The number of thioether (sulfide) groups is 1. The van der Waals surface area contributed by atoms with Gasteiger partial charge in [0.15, 0.2) is 0 Å². The molecule has 1 aliphatic rings. The standard InChI is InChI=1S/C6H10S/c1-5-3-4-6(2)7-5/h3,6H,4H2,1-2H3/t6-/m0/s1. The molecule has 40 valence electrons. The summed E-state index contributed by atoms with van der Waals surface area (Å²) in [5, 5.41) is 0.847. The van der Waals surface area contributed by atoms with E-state index in [2.05, 4.69) is 19.9 Å². The third-order valence-electron chi connectivity index (χ3n) is 1.12. The van der Waals surface area contributed by atoms with Gasteiger partial charge in [0, 0.05) is 5.25 Å². The number of allylic oxidation sites excluding steroid dienone is 2. The molecule has 0 unspecified atom stereocenters. The first kappa shape index (κ1) is 5.23. The van der Waals surface area contributed by atoms with E-state index in [1.54, 1.807) is 0 Å². The van der Waals surface area contributed by atoms with Crippen molar-refractivity contribution in [3.05, 3.63) is 11.0 Å². The molecule has 0 bridgehead atoms. The zero-order valence-corrected chi connectivity index (χ0v) is 5.59. The smallest absolute Gasteiger partial charge is 0.00975 e. The molecule has 0 aromatic rings. The Bertz CT molecular complexity index is 94.4. The van der Waals surface area contributed by atoms with Crippen LogP contribution >= 0.6 is 11.8 Å². The van der Waals surface area contributed by atoms with Crippen LogP contribution in [0.3, 0.4) is 0 Å². The van der Waals surface area contributed by atoms with Gasteiger partial charge in [0.05, 0.1) is 0 Å². The van der Waals surface area contributed by atoms with Crippen LogP contribution in [0, 0.1) is 0 Å². The van der Waals surface area contributed by atoms with Crippen molar-refractivity contribution in [2.75, 3.05) is 0 Å². The first-order chi connectivity index (χ1) is 3.29. The summed E-state index contributed by atoms with van der Waals surface area (Å²) in [5.41, 5.74) is 0. The van der Waals surface area contributed by atoms with Crippen LogP contribution < -0.4 is 0 Å². The Labute approximate surface area is 49.0 Å². The molecule has 0 saturated carbocycles. The van der Waals surface area contributed by atoms with Crippen molar-refractivity contribution in [2.24, 2.45) is 0 Å². The van der Waals surface area contributed by atoms with Crippen LogP contribution in [0.1, 0.15) is 20.3 Å². The summed E-state index contributed by atoms with van der Waals surface area (Å²) in [6.07, 6.45) is 3.58. The Balaban J connectivity index is 2.42. The van der Waals surface area contributed by atoms with Gasteiger partial charge in [0.2, 0.25) is 0 Å². The fourth-order valence-electron chi connectivity index (χ4n) is 0.745. The van der Waals surface area contributed by atoms with Crippen molar-refractivity contribution in [2.45, 2.75) is 25.5 Å². The third kappa shape index (κ3) is 1.23. The third-order valence-corrected chi connectivity index (χ3v) is 2.26. The van der Waals surface area contributed by atoms with Crippen molar-refractivity contribution in [1.29, 1.82) is 0 Å². The summed E-state index contributed by atoms with van der Waals surface area (Å²) in [6, 6.07) is 0. The van der Waals surface area contributed by atoms with Crippen molar-refractivity contribution in [3.8, 4) is 0 Å². The molecule has 0 fully saturated rings. The summed E-state index contributed by atoms with van der Waals surface area (Å²) in [4.78, 5) is 1.49. The monoisotopic (exact) mass is 114 g/mol. The van der Waals surface area contributed by atoms with Gasteiger partial charge in [-0.15, -0.1) is 11.8 Å². The second-order valence-electron chi connectivity index (χ2n) is 1.98. The molecule has 0 aliphatic carbocycles. The van der Waals surface area contributed by atoms with Crippen LogP contribution in [-0.2, 0) is 0 Å². The Hall–Kier alpha value is 0.0900. The van der Waals surface area contributed by atoms with Crippen LogP contribution in [0.2, 0.25) is 0 Å². The fraction of sp³-hybridized carbons (Fsp3) is 0.667. The van der Waals surface area contributed by atoms with Crippen molar-refractivity contribution in [3.63, 3.8) is 0 Å². The van der Waals surface area contributed by atoms with Crippen LogP contribution in [0.4, 0.5) is 0 Å². The molecule has 0 aromatic carbocycles. The predicted octanol–water partition coefficient (Wildman–Crippen LogP) is 2.42. The van der Waals surface area contributed by atoms with E-state index < -0.39 is 0 Å². The second-order valence-corrected chi connectivity index (χ2v) is 3.66. The molecule has 0 amide bonds. The highest BCUT2D eigenvalue weighted by molar-refractivity contribution is 8.03. The Kier molecular flexibility index (Phi) is 1.43. The lowest BCUT2D eigenvalue weighted by atomic mass is 10.3. The zero-order valence-electron chi connectivity index (χ0n) is 4.77. The van der Waals surface area contributed by atoms with Crippen molar-refractivity contribution < 1.29 is 0 Å². The van der Waals surface area contributed by atoms with Gasteiger partial charge in [-0.25, -0.2) is 0 Å². The first-order valence-corrected chi connectivity index (χ1v) is 3.50. The van der Waals surface area contributed by atoms with Gasteiger partial charge in [0.1, 0.15) is 0 Å². The molecule has 0 saturated heterocycles. The van der Waals surface area contributed by atoms with E-state index in [9.17, 15) is 0 Å². The normalized spacial score (nSPS) is 30.6. The highest BCUT2D eigenvalue weighted by Gasteiger charge is 2.07. The SMILES string of the molecule is CC1=CC[C@H](C)S1. The van der Waals surface area contributed by atoms with Crippen LogP contribution in [0.5, 0.6) is 0 Å². The number of rotatable bonds is 0. The molecular formula is C6H10S. The summed E-state index contributed by atoms with van der Waals surface area (Å²) < 4.78 is 0. The van der Waals surface area contributed by atoms with Gasteiger partial charge in [0.25, 0.3) is 0 Å². The first-order valence-electron chi connectivity index (χ1n) is 2.62. The molecule has 0 nitrogen and oxygen atoms in total. The minimum atomic E-state index is 0.847. The molecule has 1 heterocycles. The van der Waals surface area contributed by atoms with Crippen LogP contribution in [-0.4, -0.2) is 5.25 Å². The molecule has 1 atom stereocenters. The average Bonchev–Trinajstić information content (AvgIpc) is 1.87. The zero-order chi connectivity index (χ0) is 5.28. The number of hydrogen-bond donors (Lipinski definition) is 0. The molecule has 0 radical (unpaired) electrons. The maximum Gasteiger partial charge on any atom is 0.00975 e. The lowest BCUT2D eigenvalue weighted by Gasteiger charge is -1.95. The van der Waals surface area contributed by atoms with E-state index in [1.807, 2.05) is 11.8 Å². The van der Waals surface area contributed by atoms with Gasteiger partial charge >= 0.3 is 0 Å². The van der Waals surface area contributed by atoms with Crippen molar-refractivity contribution >= 4 is 11.8 Å². The Morgan fingerprint density at radius 2 is 2.57 bits per heavy atom. The topological polar surface area (TPSA) is 0 Å². The van der Waals surface area contributed by atoms with Gasteiger partial charge in [-0.05, 0) is 18.2 Å². The van der Waals surface area contributed by atoms with Crippen LogP contribution in [0.25, 0.3) is 0 Å². The van der Waals surface area contributed by atoms with E-state index in [1.165, 1.54) is 11.3 Å².